The van der Waals surface area contributed by atoms with Crippen molar-refractivity contribution in [1.29, 1.82) is 0 Å². The Hall–Kier alpha value is -1.92. The third-order valence-electron chi connectivity index (χ3n) is 9.98. The Balaban J connectivity index is 4.65. The number of carbonyl (C=O) groups is 2. The van der Waals surface area contributed by atoms with Crippen LogP contribution in [0, 0.1) is 0 Å². The van der Waals surface area contributed by atoms with E-state index in [1.807, 2.05) is 0 Å². The number of esters is 1. The van der Waals surface area contributed by atoms with Gasteiger partial charge >= 0.3 is 5.97 Å². The van der Waals surface area contributed by atoms with Crippen LogP contribution < -0.4 is 5.32 Å². The highest BCUT2D eigenvalue weighted by Gasteiger charge is 2.24. The second-order valence-electron chi connectivity index (χ2n) is 15.1. The fraction of sp³-hybridized carbons (Fsp3) is 0.826. The first-order valence-corrected chi connectivity index (χ1v) is 22.2. The summed E-state index contributed by atoms with van der Waals surface area (Å²) in [6.07, 6.45) is 44.9. The summed E-state index contributed by atoms with van der Waals surface area (Å²) in [5, 5.41) is 23.6. The van der Waals surface area contributed by atoms with E-state index in [1.165, 1.54) is 96.3 Å². The maximum absolute atomic E-state index is 13.1. The minimum Gasteiger partial charge on any atom is -0.462 e. The lowest BCUT2D eigenvalue weighted by atomic mass is 10.0. The Morgan fingerprint density at radius 1 is 0.577 bits per heavy atom. The summed E-state index contributed by atoms with van der Waals surface area (Å²) in [4.78, 5) is 25.9. The van der Waals surface area contributed by atoms with Gasteiger partial charge < -0.3 is 20.3 Å². The van der Waals surface area contributed by atoms with Gasteiger partial charge in [0, 0.05) is 6.42 Å². The number of unbranched alkanes of at least 4 members (excludes halogenated alkanes) is 21. The molecule has 0 heterocycles. The van der Waals surface area contributed by atoms with Crippen LogP contribution >= 0.6 is 0 Å². The summed E-state index contributed by atoms with van der Waals surface area (Å²) in [7, 11) is 0. The maximum Gasteiger partial charge on any atom is 0.306 e. The topological polar surface area (TPSA) is 95.9 Å². The molecule has 0 radical (unpaired) electrons. The molecule has 3 unspecified atom stereocenters. The van der Waals surface area contributed by atoms with E-state index in [-0.39, 0.29) is 24.9 Å². The van der Waals surface area contributed by atoms with Crippen LogP contribution in [0.3, 0.4) is 0 Å². The van der Waals surface area contributed by atoms with Gasteiger partial charge in [-0.05, 0) is 57.8 Å². The quantitative estimate of drug-likeness (QED) is 0.0332. The van der Waals surface area contributed by atoms with Crippen molar-refractivity contribution in [3.8, 4) is 0 Å². The van der Waals surface area contributed by atoms with Crippen molar-refractivity contribution in [3.05, 3.63) is 36.5 Å². The zero-order valence-electron chi connectivity index (χ0n) is 34.4. The number of ether oxygens (including phenoxy) is 1. The molecule has 0 bridgehead atoms. The molecule has 0 aliphatic rings. The number of carbonyl (C=O) groups excluding carboxylic acids is 2. The van der Waals surface area contributed by atoms with Gasteiger partial charge in [0.15, 0.2) is 0 Å². The summed E-state index contributed by atoms with van der Waals surface area (Å²) in [6.45, 7) is 6.32. The zero-order chi connectivity index (χ0) is 38.2. The number of allylic oxidation sites excluding steroid dienone is 6. The average molecular weight is 732 g/mol. The highest BCUT2D eigenvalue weighted by Crippen LogP contribution is 2.17. The minimum atomic E-state index is -0.792. The van der Waals surface area contributed by atoms with Gasteiger partial charge in [-0.1, -0.05) is 186 Å². The normalized spacial score (nSPS) is 13.7. The molecule has 6 heteroatoms. The maximum atomic E-state index is 13.1. The van der Waals surface area contributed by atoms with Crippen LogP contribution in [0.5, 0.6) is 0 Å². The second kappa shape index (κ2) is 40.3. The third-order valence-corrected chi connectivity index (χ3v) is 9.98. The number of hydrogen-bond donors (Lipinski definition) is 3. The van der Waals surface area contributed by atoms with E-state index in [4.69, 9.17) is 4.74 Å². The second-order valence-corrected chi connectivity index (χ2v) is 15.1. The first-order valence-electron chi connectivity index (χ1n) is 22.2. The lowest BCUT2D eigenvalue weighted by molar-refractivity contribution is -0.151. The Bertz CT molecular complexity index is 869. The van der Waals surface area contributed by atoms with Crippen LogP contribution in [-0.4, -0.2) is 46.9 Å². The molecule has 3 atom stereocenters. The van der Waals surface area contributed by atoms with Gasteiger partial charge in [0.05, 0.1) is 25.2 Å². The third kappa shape index (κ3) is 35.1. The SMILES string of the molecule is CC/C=C/C/C=C/C/C=C/CCCCC(CC(=O)NC(CO)C(O)CCCCCCCCCCCCC)OC(=O)CCCCCCCCCCCC. The van der Waals surface area contributed by atoms with Crippen LogP contribution in [0.2, 0.25) is 0 Å². The summed E-state index contributed by atoms with van der Waals surface area (Å²) in [6, 6.07) is -0.708. The van der Waals surface area contributed by atoms with Gasteiger partial charge in [-0.3, -0.25) is 9.59 Å². The summed E-state index contributed by atoms with van der Waals surface area (Å²) in [5.41, 5.74) is 0. The largest absolute Gasteiger partial charge is 0.462 e. The van der Waals surface area contributed by atoms with E-state index in [1.54, 1.807) is 0 Å². The molecule has 0 saturated carbocycles. The first kappa shape index (κ1) is 50.1. The van der Waals surface area contributed by atoms with E-state index < -0.39 is 18.2 Å². The summed E-state index contributed by atoms with van der Waals surface area (Å²) >= 11 is 0. The van der Waals surface area contributed by atoms with Crippen LogP contribution in [0.15, 0.2) is 36.5 Å². The van der Waals surface area contributed by atoms with Gasteiger partial charge in [-0.25, -0.2) is 0 Å². The number of amides is 1. The molecule has 0 aliphatic heterocycles. The average Bonchev–Trinajstić information content (AvgIpc) is 3.13. The molecule has 1 amide bonds. The monoisotopic (exact) mass is 732 g/mol. The lowest BCUT2D eigenvalue weighted by Crippen LogP contribution is -2.46. The Kier molecular flexibility index (Phi) is 38.8. The number of hydrogen-bond acceptors (Lipinski definition) is 5. The van der Waals surface area contributed by atoms with E-state index in [2.05, 4.69) is 62.5 Å². The molecule has 3 N–H and O–H groups in total. The van der Waals surface area contributed by atoms with Crippen LogP contribution in [-0.2, 0) is 14.3 Å². The van der Waals surface area contributed by atoms with Crippen LogP contribution in [0.4, 0.5) is 0 Å². The summed E-state index contributed by atoms with van der Waals surface area (Å²) < 4.78 is 5.87. The highest BCUT2D eigenvalue weighted by atomic mass is 16.5. The molecule has 0 rings (SSSR count). The molecule has 0 aromatic carbocycles. The zero-order valence-corrected chi connectivity index (χ0v) is 34.4. The molecule has 0 fully saturated rings. The fourth-order valence-corrected chi connectivity index (χ4v) is 6.62. The fourth-order valence-electron chi connectivity index (χ4n) is 6.62. The predicted molar refractivity (Wildman–Crippen MR) is 222 cm³/mol. The number of rotatable bonds is 39. The molecule has 52 heavy (non-hydrogen) atoms. The van der Waals surface area contributed by atoms with Crippen molar-refractivity contribution in [2.45, 2.75) is 238 Å². The van der Waals surface area contributed by atoms with Crippen molar-refractivity contribution in [2.24, 2.45) is 0 Å². The number of aliphatic hydroxyl groups is 2. The molecular weight excluding hydrogens is 647 g/mol. The predicted octanol–water partition coefficient (Wildman–Crippen LogP) is 12.6. The van der Waals surface area contributed by atoms with Crippen LogP contribution in [0.25, 0.3) is 0 Å². The molecule has 0 aromatic rings. The molecule has 0 spiro atoms. The Morgan fingerprint density at radius 3 is 1.56 bits per heavy atom. The van der Waals surface area contributed by atoms with Crippen molar-refractivity contribution >= 4 is 11.9 Å². The minimum absolute atomic E-state index is 0.0541. The Labute approximate surface area is 322 Å². The van der Waals surface area contributed by atoms with Gasteiger partial charge in [-0.2, -0.15) is 0 Å². The molecule has 304 valence electrons. The van der Waals surface area contributed by atoms with Crippen molar-refractivity contribution in [3.63, 3.8) is 0 Å². The molecule has 0 aromatic heterocycles. The van der Waals surface area contributed by atoms with E-state index in [9.17, 15) is 19.8 Å². The first-order chi connectivity index (χ1) is 25.5. The van der Waals surface area contributed by atoms with E-state index in [0.717, 1.165) is 77.0 Å². The molecule has 0 aliphatic carbocycles. The van der Waals surface area contributed by atoms with Gasteiger partial charge in [0.25, 0.3) is 0 Å². The van der Waals surface area contributed by atoms with Gasteiger partial charge in [0.1, 0.15) is 6.10 Å². The molecule has 0 saturated heterocycles. The standard InChI is InChI=1S/C46H85NO5/c1-4-7-10-13-16-19-22-24-25-28-31-34-37-42(52-46(51)39-36-33-30-27-21-18-15-12-9-6-3)40-45(50)47-43(41-48)44(49)38-35-32-29-26-23-20-17-14-11-8-5-2/h7,10,16,19,24-25,42-44,48-49H,4-6,8-9,11-15,17-18,20-23,26-41H2,1-3H3,(H,47,50)/b10-7+,19-16+,25-24+. The number of nitrogens with one attached hydrogen (secondary N) is 1. The van der Waals surface area contributed by atoms with Crippen molar-refractivity contribution < 1.29 is 24.5 Å². The lowest BCUT2D eigenvalue weighted by Gasteiger charge is -2.24. The Morgan fingerprint density at radius 2 is 1.04 bits per heavy atom. The molecule has 6 nitrogen and oxygen atoms in total. The van der Waals surface area contributed by atoms with Gasteiger partial charge in [-0.15, -0.1) is 0 Å². The van der Waals surface area contributed by atoms with Crippen molar-refractivity contribution in [1.82, 2.24) is 5.32 Å². The number of aliphatic hydroxyl groups excluding tert-OH is 2. The van der Waals surface area contributed by atoms with Gasteiger partial charge in [0.2, 0.25) is 5.91 Å². The molecular formula is C46H85NO5. The summed E-state index contributed by atoms with van der Waals surface area (Å²) in [5.74, 6) is -0.512. The van der Waals surface area contributed by atoms with E-state index in [0.29, 0.717) is 19.3 Å². The van der Waals surface area contributed by atoms with E-state index >= 15 is 0 Å². The smallest absolute Gasteiger partial charge is 0.306 e. The van der Waals surface area contributed by atoms with Crippen molar-refractivity contribution in [2.75, 3.05) is 6.61 Å². The van der Waals surface area contributed by atoms with Crippen LogP contribution in [0.1, 0.15) is 220 Å². The highest BCUT2D eigenvalue weighted by molar-refractivity contribution is 5.77.